The normalized spacial score (nSPS) is 14.8. The Morgan fingerprint density at radius 3 is 2.42 bits per heavy atom. The first kappa shape index (κ1) is 9.60. The first-order valence-corrected chi connectivity index (χ1v) is 3.77. The average molecular weight is 244 g/mol. The van der Waals surface area contributed by atoms with Gasteiger partial charge < -0.3 is 10.2 Å². The fraction of sp³-hybridized carbons (Fsp3) is 0.333. The van der Waals surface area contributed by atoms with Gasteiger partial charge in [-0.05, 0) is 22.0 Å². The summed E-state index contributed by atoms with van der Waals surface area (Å²) in [6.45, 7) is 0. The third-order valence-electron chi connectivity index (χ3n) is 1.28. The summed E-state index contributed by atoms with van der Waals surface area (Å²) in [4.78, 5) is 0. The second-order valence-electron chi connectivity index (χ2n) is 2.15. The summed E-state index contributed by atoms with van der Waals surface area (Å²) in [5, 5.41) is 0. The SMILES string of the molecule is NC(c1occc1Br)C(F)(F)F. The molecule has 0 radical (unpaired) electrons. The maximum atomic E-state index is 12.0. The van der Waals surface area contributed by atoms with Crippen LogP contribution >= 0.6 is 15.9 Å². The van der Waals surface area contributed by atoms with Crippen LogP contribution in [0.2, 0.25) is 0 Å². The lowest BCUT2D eigenvalue weighted by molar-refractivity contribution is -0.152. The van der Waals surface area contributed by atoms with Crippen LogP contribution in [0.1, 0.15) is 11.8 Å². The molecule has 1 atom stereocenters. The van der Waals surface area contributed by atoms with E-state index in [-0.39, 0.29) is 10.2 Å². The van der Waals surface area contributed by atoms with Crippen molar-refractivity contribution in [3.63, 3.8) is 0 Å². The van der Waals surface area contributed by atoms with Crippen molar-refractivity contribution in [1.82, 2.24) is 0 Å². The molecule has 1 rings (SSSR count). The largest absolute Gasteiger partial charge is 0.466 e. The molecule has 0 bridgehead atoms. The minimum Gasteiger partial charge on any atom is -0.466 e. The van der Waals surface area contributed by atoms with Crippen LogP contribution in [0.15, 0.2) is 21.2 Å². The molecular formula is C6H5BrF3NO. The maximum absolute atomic E-state index is 12.0. The van der Waals surface area contributed by atoms with Gasteiger partial charge in [-0.25, -0.2) is 0 Å². The van der Waals surface area contributed by atoms with E-state index in [4.69, 9.17) is 5.73 Å². The van der Waals surface area contributed by atoms with Gasteiger partial charge in [0.2, 0.25) is 0 Å². The Morgan fingerprint density at radius 1 is 1.50 bits per heavy atom. The van der Waals surface area contributed by atoms with Crippen LogP contribution < -0.4 is 5.73 Å². The van der Waals surface area contributed by atoms with E-state index >= 15 is 0 Å². The van der Waals surface area contributed by atoms with Crippen molar-refractivity contribution in [3.8, 4) is 0 Å². The predicted octanol–water partition coefficient (Wildman–Crippen LogP) is 2.60. The molecule has 1 aromatic rings. The summed E-state index contributed by atoms with van der Waals surface area (Å²) < 4.78 is 40.7. The molecule has 0 amide bonds. The van der Waals surface area contributed by atoms with Gasteiger partial charge in [0.05, 0.1) is 10.7 Å². The Morgan fingerprint density at radius 2 is 2.08 bits per heavy atom. The van der Waals surface area contributed by atoms with Crippen molar-refractivity contribution in [2.45, 2.75) is 12.2 Å². The van der Waals surface area contributed by atoms with E-state index in [1.807, 2.05) is 0 Å². The van der Waals surface area contributed by atoms with Crippen LogP contribution in [0.3, 0.4) is 0 Å². The van der Waals surface area contributed by atoms with Crippen molar-refractivity contribution in [2.75, 3.05) is 0 Å². The highest BCUT2D eigenvalue weighted by Gasteiger charge is 2.40. The zero-order chi connectivity index (χ0) is 9.35. The maximum Gasteiger partial charge on any atom is 0.410 e. The molecule has 0 aliphatic rings. The van der Waals surface area contributed by atoms with Gasteiger partial charge in [0.1, 0.15) is 5.76 Å². The number of halogens is 4. The third-order valence-corrected chi connectivity index (χ3v) is 1.94. The second kappa shape index (κ2) is 3.10. The number of rotatable bonds is 1. The van der Waals surface area contributed by atoms with Crippen LogP contribution in [0.5, 0.6) is 0 Å². The van der Waals surface area contributed by atoms with Crippen LogP contribution in [-0.2, 0) is 0 Å². The Bertz CT molecular complexity index is 270. The average Bonchev–Trinajstić information content (AvgIpc) is 2.31. The van der Waals surface area contributed by atoms with Crippen LogP contribution in [0.25, 0.3) is 0 Å². The minimum absolute atomic E-state index is 0.229. The van der Waals surface area contributed by atoms with Crippen LogP contribution in [0, 0.1) is 0 Å². The quantitative estimate of drug-likeness (QED) is 0.824. The number of nitrogens with two attached hydrogens (primary N) is 1. The van der Waals surface area contributed by atoms with E-state index in [9.17, 15) is 13.2 Å². The van der Waals surface area contributed by atoms with Gasteiger partial charge >= 0.3 is 6.18 Å². The molecule has 68 valence electrons. The second-order valence-corrected chi connectivity index (χ2v) is 3.01. The zero-order valence-electron chi connectivity index (χ0n) is 5.73. The molecule has 1 heterocycles. The molecule has 0 saturated heterocycles. The van der Waals surface area contributed by atoms with Crippen molar-refractivity contribution in [3.05, 3.63) is 22.6 Å². The van der Waals surface area contributed by atoms with E-state index in [1.54, 1.807) is 0 Å². The smallest absolute Gasteiger partial charge is 0.410 e. The lowest BCUT2D eigenvalue weighted by Gasteiger charge is -2.12. The lowest BCUT2D eigenvalue weighted by Crippen LogP contribution is -2.28. The standard InChI is InChI=1S/C6H5BrF3NO/c7-3-1-2-12-4(3)5(11)6(8,9)10/h1-2,5H,11H2. The fourth-order valence-electron chi connectivity index (χ4n) is 0.676. The molecule has 1 unspecified atom stereocenters. The van der Waals surface area contributed by atoms with Crippen molar-refractivity contribution < 1.29 is 17.6 Å². The molecule has 0 aliphatic carbocycles. The lowest BCUT2D eigenvalue weighted by atomic mass is 10.2. The molecule has 0 spiro atoms. The summed E-state index contributed by atoms with van der Waals surface area (Å²) in [6.07, 6.45) is -3.33. The summed E-state index contributed by atoms with van der Waals surface area (Å²) in [5.41, 5.74) is 4.87. The first-order chi connectivity index (χ1) is 5.43. The van der Waals surface area contributed by atoms with Crippen molar-refractivity contribution >= 4 is 15.9 Å². The first-order valence-electron chi connectivity index (χ1n) is 2.98. The van der Waals surface area contributed by atoms with Gasteiger partial charge in [0.15, 0.2) is 6.04 Å². The fourth-order valence-corrected chi connectivity index (χ4v) is 1.12. The third kappa shape index (κ3) is 1.81. The van der Waals surface area contributed by atoms with Gasteiger partial charge in [0, 0.05) is 0 Å². The molecule has 1 aromatic heterocycles. The molecule has 0 aliphatic heterocycles. The highest BCUT2D eigenvalue weighted by Crippen LogP contribution is 2.34. The van der Waals surface area contributed by atoms with E-state index in [1.165, 1.54) is 6.07 Å². The number of hydrogen-bond donors (Lipinski definition) is 1. The Kier molecular flexibility index (Phi) is 2.48. The van der Waals surface area contributed by atoms with E-state index in [0.717, 1.165) is 6.26 Å². The number of alkyl halides is 3. The molecule has 2 N–H and O–H groups in total. The molecule has 0 aromatic carbocycles. The highest BCUT2D eigenvalue weighted by molar-refractivity contribution is 9.10. The Labute approximate surface area is 74.7 Å². The van der Waals surface area contributed by atoms with E-state index in [0.29, 0.717) is 0 Å². The van der Waals surface area contributed by atoms with Gasteiger partial charge in [-0.2, -0.15) is 13.2 Å². The van der Waals surface area contributed by atoms with Gasteiger partial charge in [0.25, 0.3) is 0 Å². The molecule has 0 fully saturated rings. The van der Waals surface area contributed by atoms with Gasteiger partial charge in [-0.1, -0.05) is 0 Å². The number of furan rings is 1. The van der Waals surface area contributed by atoms with Crippen molar-refractivity contribution in [2.24, 2.45) is 5.73 Å². The Balaban J connectivity index is 2.92. The van der Waals surface area contributed by atoms with Gasteiger partial charge in [-0.3, -0.25) is 0 Å². The predicted molar refractivity (Wildman–Crippen MR) is 39.4 cm³/mol. The Hall–Kier alpha value is -0.490. The molecule has 2 nitrogen and oxygen atoms in total. The molecule has 12 heavy (non-hydrogen) atoms. The van der Waals surface area contributed by atoms with E-state index in [2.05, 4.69) is 20.3 Å². The highest BCUT2D eigenvalue weighted by atomic mass is 79.9. The topological polar surface area (TPSA) is 39.2 Å². The number of hydrogen-bond acceptors (Lipinski definition) is 2. The zero-order valence-corrected chi connectivity index (χ0v) is 7.32. The van der Waals surface area contributed by atoms with Crippen molar-refractivity contribution in [1.29, 1.82) is 0 Å². The van der Waals surface area contributed by atoms with Gasteiger partial charge in [-0.15, -0.1) is 0 Å². The summed E-state index contributed by atoms with van der Waals surface area (Å²) in [7, 11) is 0. The summed E-state index contributed by atoms with van der Waals surface area (Å²) in [6, 6.07) is -0.706. The minimum atomic E-state index is -4.47. The van der Waals surface area contributed by atoms with E-state index < -0.39 is 12.2 Å². The summed E-state index contributed by atoms with van der Waals surface area (Å²) >= 11 is 2.89. The molecule has 6 heteroatoms. The molecular weight excluding hydrogens is 239 g/mol. The van der Waals surface area contributed by atoms with Crippen LogP contribution in [0.4, 0.5) is 13.2 Å². The van der Waals surface area contributed by atoms with Crippen LogP contribution in [-0.4, -0.2) is 6.18 Å². The monoisotopic (exact) mass is 243 g/mol. The summed E-state index contributed by atoms with van der Waals surface area (Å²) in [5.74, 6) is -0.303. The molecule has 0 saturated carbocycles.